The van der Waals surface area contributed by atoms with Gasteiger partial charge in [-0.1, -0.05) is 42.0 Å². The third-order valence-corrected chi connectivity index (χ3v) is 3.77. The van der Waals surface area contributed by atoms with Crippen LogP contribution in [0.25, 0.3) is 0 Å². The quantitative estimate of drug-likeness (QED) is 0.787. The summed E-state index contributed by atoms with van der Waals surface area (Å²) in [6.07, 6.45) is -0.726. The average Bonchev–Trinajstić information content (AvgIpc) is 2.61. The zero-order valence-corrected chi connectivity index (χ0v) is 14.7. The highest BCUT2D eigenvalue weighted by molar-refractivity contribution is 5.83. The molecule has 1 atom stereocenters. The van der Waals surface area contributed by atoms with Gasteiger partial charge in [0.2, 0.25) is 0 Å². The number of hydrogen-bond donors (Lipinski definition) is 1. The van der Waals surface area contributed by atoms with Gasteiger partial charge in [-0.2, -0.15) is 0 Å². The second-order valence-electron chi connectivity index (χ2n) is 5.86. The van der Waals surface area contributed by atoms with E-state index in [1.54, 1.807) is 38.3 Å². The minimum absolute atomic E-state index is 0.111. The lowest BCUT2D eigenvalue weighted by molar-refractivity contribution is -0.154. The fraction of sp³-hybridized carbons (Fsp3) is 0.300. The molecule has 5 nitrogen and oxygen atoms in total. The summed E-state index contributed by atoms with van der Waals surface area (Å²) in [5.74, 6) is -0.0345. The van der Waals surface area contributed by atoms with Crippen LogP contribution in [-0.4, -0.2) is 25.1 Å². The molecule has 0 saturated heterocycles. The van der Waals surface area contributed by atoms with Gasteiger partial charge in [0, 0.05) is 6.54 Å². The molecule has 0 aliphatic rings. The van der Waals surface area contributed by atoms with Crippen molar-refractivity contribution in [1.29, 1.82) is 0 Å². The minimum atomic E-state index is -0.837. The van der Waals surface area contributed by atoms with Crippen molar-refractivity contribution in [3.8, 4) is 5.75 Å². The molecule has 2 rings (SSSR count). The van der Waals surface area contributed by atoms with Crippen molar-refractivity contribution in [2.45, 2.75) is 32.9 Å². The summed E-state index contributed by atoms with van der Waals surface area (Å²) in [7, 11) is 1.58. The monoisotopic (exact) mass is 341 g/mol. The number of nitrogens with one attached hydrogen (secondary N) is 1. The van der Waals surface area contributed by atoms with Gasteiger partial charge in [0.05, 0.1) is 13.5 Å². The molecule has 132 valence electrons. The zero-order valence-electron chi connectivity index (χ0n) is 14.7. The first-order chi connectivity index (χ1) is 12.0. The summed E-state index contributed by atoms with van der Waals surface area (Å²) in [6, 6.07) is 15.0. The fourth-order valence-corrected chi connectivity index (χ4v) is 2.24. The Hall–Kier alpha value is -2.82. The van der Waals surface area contributed by atoms with E-state index >= 15 is 0 Å². The standard InChI is InChI=1S/C20H23NO4/c1-14-4-6-17(7-5-14)13-21-20(23)15(2)25-19(22)12-16-8-10-18(24-3)11-9-16/h4-11,15H,12-13H2,1-3H3,(H,21,23)/t15-/m0/s1. The molecule has 0 aliphatic heterocycles. The Morgan fingerprint density at radius 3 is 2.20 bits per heavy atom. The molecule has 2 aromatic rings. The molecule has 0 aromatic heterocycles. The molecule has 5 heteroatoms. The van der Waals surface area contributed by atoms with Crippen LogP contribution in [0.15, 0.2) is 48.5 Å². The van der Waals surface area contributed by atoms with Crippen molar-refractivity contribution in [2.75, 3.05) is 7.11 Å². The highest BCUT2D eigenvalue weighted by Crippen LogP contribution is 2.12. The summed E-state index contributed by atoms with van der Waals surface area (Å²) in [5.41, 5.74) is 2.96. The summed E-state index contributed by atoms with van der Waals surface area (Å²) >= 11 is 0. The van der Waals surface area contributed by atoms with Gasteiger partial charge in [-0.25, -0.2) is 0 Å². The van der Waals surface area contributed by atoms with E-state index in [0.29, 0.717) is 6.54 Å². The maximum Gasteiger partial charge on any atom is 0.311 e. The van der Waals surface area contributed by atoms with Crippen molar-refractivity contribution in [2.24, 2.45) is 0 Å². The number of methoxy groups -OCH3 is 1. The van der Waals surface area contributed by atoms with Gasteiger partial charge in [-0.3, -0.25) is 9.59 Å². The Bertz CT molecular complexity index is 707. The van der Waals surface area contributed by atoms with Crippen molar-refractivity contribution >= 4 is 11.9 Å². The van der Waals surface area contributed by atoms with Gasteiger partial charge in [0.15, 0.2) is 6.10 Å². The molecule has 1 amide bonds. The van der Waals surface area contributed by atoms with Crippen LogP contribution < -0.4 is 10.1 Å². The molecule has 1 N–H and O–H groups in total. The van der Waals surface area contributed by atoms with E-state index in [2.05, 4.69) is 5.32 Å². The van der Waals surface area contributed by atoms with E-state index in [4.69, 9.17) is 9.47 Å². The molecule has 0 unspecified atom stereocenters. The maximum atomic E-state index is 12.0. The number of rotatable bonds is 7. The normalized spacial score (nSPS) is 11.5. The summed E-state index contributed by atoms with van der Waals surface area (Å²) in [4.78, 5) is 24.0. The average molecular weight is 341 g/mol. The molecule has 2 aromatic carbocycles. The Labute approximate surface area is 148 Å². The summed E-state index contributed by atoms with van der Waals surface area (Å²) < 4.78 is 10.3. The van der Waals surface area contributed by atoms with E-state index in [0.717, 1.165) is 22.4 Å². The van der Waals surface area contributed by atoms with Gasteiger partial charge in [-0.15, -0.1) is 0 Å². The lowest BCUT2D eigenvalue weighted by Crippen LogP contribution is -2.35. The van der Waals surface area contributed by atoms with Crippen LogP contribution in [0.3, 0.4) is 0 Å². The van der Waals surface area contributed by atoms with E-state index in [1.165, 1.54) is 0 Å². The van der Waals surface area contributed by atoms with Crippen LogP contribution in [0.5, 0.6) is 5.75 Å². The van der Waals surface area contributed by atoms with Gasteiger partial charge in [0.25, 0.3) is 5.91 Å². The number of ether oxygens (including phenoxy) is 2. The smallest absolute Gasteiger partial charge is 0.311 e. The zero-order chi connectivity index (χ0) is 18.2. The second-order valence-corrected chi connectivity index (χ2v) is 5.86. The molecule has 25 heavy (non-hydrogen) atoms. The molecule has 0 spiro atoms. The third-order valence-electron chi connectivity index (χ3n) is 3.77. The molecular weight excluding hydrogens is 318 g/mol. The van der Waals surface area contributed by atoms with E-state index < -0.39 is 12.1 Å². The number of benzene rings is 2. The van der Waals surface area contributed by atoms with E-state index in [1.807, 2.05) is 31.2 Å². The van der Waals surface area contributed by atoms with Gasteiger partial charge in [0.1, 0.15) is 5.75 Å². The van der Waals surface area contributed by atoms with Crippen LogP contribution in [0.2, 0.25) is 0 Å². The third kappa shape index (κ3) is 5.95. The van der Waals surface area contributed by atoms with Crippen LogP contribution >= 0.6 is 0 Å². The van der Waals surface area contributed by atoms with Crippen LogP contribution in [-0.2, 0) is 27.3 Å². The van der Waals surface area contributed by atoms with Crippen LogP contribution in [0.1, 0.15) is 23.6 Å². The number of esters is 1. The van der Waals surface area contributed by atoms with Crippen molar-refractivity contribution < 1.29 is 19.1 Å². The Morgan fingerprint density at radius 1 is 1.00 bits per heavy atom. The molecule has 0 bridgehead atoms. The number of aryl methyl sites for hydroxylation is 1. The Balaban J connectivity index is 1.78. The van der Waals surface area contributed by atoms with Crippen molar-refractivity contribution in [3.05, 3.63) is 65.2 Å². The highest BCUT2D eigenvalue weighted by atomic mass is 16.5. The maximum absolute atomic E-state index is 12.0. The first-order valence-electron chi connectivity index (χ1n) is 8.13. The molecule has 0 radical (unpaired) electrons. The first-order valence-corrected chi connectivity index (χ1v) is 8.13. The van der Waals surface area contributed by atoms with Crippen LogP contribution in [0, 0.1) is 6.92 Å². The molecule has 0 heterocycles. The van der Waals surface area contributed by atoms with Crippen molar-refractivity contribution in [1.82, 2.24) is 5.32 Å². The molecule has 0 saturated carbocycles. The lowest BCUT2D eigenvalue weighted by atomic mass is 10.1. The molecule has 0 fully saturated rings. The largest absolute Gasteiger partial charge is 0.497 e. The minimum Gasteiger partial charge on any atom is -0.497 e. The van der Waals surface area contributed by atoms with Crippen LogP contribution in [0.4, 0.5) is 0 Å². The van der Waals surface area contributed by atoms with Crippen molar-refractivity contribution in [3.63, 3.8) is 0 Å². The topological polar surface area (TPSA) is 64.6 Å². The predicted molar refractivity (Wildman–Crippen MR) is 95.3 cm³/mol. The summed E-state index contributed by atoms with van der Waals surface area (Å²) in [5, 5.41) is 2.77. The highest BCUT2D eigenvalue weighted by Gasteiger charge is 2.17. The first kappa shape index (κ1) is 18.5. The van der Waals surface area contributed by atoms with Gasteiger partial charge >= 0.3 is 5.97 Å². The lowest BCUT2D eigenvalue weighted by Gasteiger charge is -2.14. The summed E-state index contributed by atoms with van der Waals surface area (Å²) in [6.45, 7) is 3.97. The molecule has 0 aliphatic carbocycles. The SMILES string of the molecule is COc1ccc(CC(=O)O[C@@H](C)C(=O)NCc2ccc(C)cc2)cc1. The second kappa shape index (κ2) is 8.87. The Kier molecular flexibility index (Phi) is 6.57. The number of hydrogen-bond acceptors (Lipinski definition) is 4. The Morgan fingerprint density at radius 2 is 1.60 bits per heavy atom. The van der Waals surface area contributed by atoms with E-state index in [9.17, 15) is 9.59 Å². The number of amides is 1. The van der Waals surface area contributed by atoms with Gasteiger partial charge in [-0.05, 0) is 37.1 Å². The number of carbonyl (C=O) groups is 2. The predicted octanol–water partition coefficient (Wildman–Crippen LogP) is 2.79. The molecular formula is C20H23NO4. The fourth-order valence-electron chi connectivity index (χ4n) is 2.24. The number of carbonyl (C=O) groups excluding carboxylic acids is 2. The van der Waals surface area contributed by atoms with E-state index in [-0.39, 0.29) is 12.3 Å². The van der Waals surface area contributed by atoms with Gasteiger partial charge < -0.3 is 14.8 Å².